The topological polar surface area (TPSA) is 67.9 Å². The van der Waals surface area contributed by atoms with E-state index in [1.807, 2.05) is 45.0 Å². The van der Waals surface area contributed by atoms with Crippen LogP contribution < -0.4 is 10.1 Å². The second-order valence-electron chi connectivity index (χ2n) is 7.00. The van der Waals surface area contributed by atoms with Gasteiger partial charge in [0.05, 0.1) is 13.2 Å². The molecule has 6 nitrogen and oxygen atoms in total. The van der Waals surface area contributed by atoms with Gasteiger partial charge in [-0.2, -0.15) is 0 Å². The zero-order valence-electron chi connectivity index (χ0n) is 14.8. The minimum absolute atomic E-state index is 0.0872. The van der Waals surface area contributed by atoms with Crippen LogP contribution in [0.5, 0.6) is 5.75 Å². The van der Waals surface area contributed by atoms with Crippen molar-refractivity contribution in [2.24, 2.45) is 0 Å². The van der Waals surface area contributed by atoms with E-state index >= 15 is 0 Å². The molecule has 0 bridgehead atoms. The van der Waals surface area contributed by atoms with Crippen LogP contribution in [-0.4, -0.2) is 42.2 Å². The van der Waals surface area contributed by atoms with E-state index in [2.05, 4.69) is 5.32 Å². The molecule has 1 heterocycles. The SMILES string of the molecule is COc1ccc(CN2CC(NC(=O)OC(C)(C)C)CCC2=O)cc1. The lowest BCUT2D eigenvalue weighted by Crippen LogP contribution is -2.50. The van der Waals surface area contributed by atoms with Crippen LogP contribution in [0.1, 0.15) is 39.2 Å². The number of alkyl carbamates (subject to hydrolysis) is 1. The van der Waals surface area contributed by atoms with Crippen molar-refractivity contribution in [2.45, 2.75) is 51.8 Å². The fraction of sp³-hybridized carbons (Fsp3) is 0.556. The highest BCUT2D eigenvalue weighted by atomic mass is 16.6. The Hall–Kier alpha value is -2.24. The number of amides is 2. The van der Waals surface area contributed by atoms with Gasteiger partial charge in [0.2, 0.25) is 5.91 Å². The number of benzene rings is 1. The van der Waals surface area contributed by atoms with Crippen molar-refractivity contribution in [3.63, 3.8) is 0 Å². The van der Waals surface area contributed by atoms with Crippen LogP contribution in [0.25, 0.3) is 0 Å². The average molecular weight is 334 g/mol. The van der Waals surface area contributed by atoms with Crippen LogP contribution in [0.15, 0.2) is 24.3 Å². The summed E-state index contributed by atoms with van der Waals surface area (Å²) in [7, 11) is 1.62. The molecule has 132 valence electrons. The summed E-state index contributed by atoms with van der Waals surface area (Å²) in [6, 6.07) is 7.55. The molecule has 2 rings (SSSR count). The lowest BCUT2D eigenvalue weighted by molar-refractivity contribution is -0.134. The fourth-order valence-corrected chi connectivity index (χ4v) is 2.61. The fourth-order valence-electron chi connectivity index (χ4n) is 2.61. The number of piperidine rings is 1. The van der Waals surface area contributed by atoms with E-state index in [4.69, 9.17) is 9.47 Å². The van der Waals surface area contributed by atoms with Crippen molar-refractivity contribution in [3.05, 3.63) is 29.8 Å². The van der Waals surface area contributed by atoms with E-state index in [-0.39, 0.29) is 11.9 Å². The Morgan fingerprint density at radius 2 is 1.96 bits per heavy atom. The summed E-state index contributed by atoms with van der Waals surface area (Å²) in [5.74, 6) is 0.890. The first-order valence-corrected chi connectivity index (χ1v) is 8.17. The lowest BCUT2D eigenvalue weighted by atomic mass is 10.0. The number of carbonyl (C=O) groups excluding carboxylic acids is 2. The number of ether oxygens (including phenoxy) is 2. The predicted octanol–water partition coefficient (Wildman–Crippen LogP) is 2.71. The quantitative estimate of drug-likeness (QED) is 0.919. The van der Waals surface area contributed by atoms with Gasteiger partial charge in [-0.25, -0.2) is 4.79 Å². The molecule has 1 unspecified atom stereocenters. The molecular formula is C18H26N2O4. The molecule has 1 fully saturated rings. The first-order valence-electron chi connectivity index (χ1n) is 8.17. The highest BCUT2D eigenvalue weighted by Gasteiger charge is 2.28. The van der Waals surface area contributed by atoms with Crippen LogP contribution in [0.3, 0.4) is 0 Å². The first-order chi connectivity index (χ1) is 11.3. The minimum atomic E-state index is -0.530. The Kier molecular flexibility index (Phi) is 5.70. The van der Waals surface area contributed by atoms with Gasteiger partial charge in [0.15, 0.2) is 0 Å². The van der Waals surface area contributed by atoms with Crippen molar-refractivity contribution in [1.29, 1.82) is 0 Å². The number of rotatable bonds is 4. The highest BCUT2D eigenvalue weighted by molar-refractivity contribution is 5.77. The number of hydrogen-bond donors (Lipinski definition) is 1. The zero-order valence-corrected chi connectivity index (χ0v) is 14.8. The number of nitrogens with one attached hydrogen (secondary N) is 1. The molecule has 24 heavy (non-hydrogen) atoms. The van der Waals surface area contributed by atoms with Crippen molar-refractivity contribution in [1.82, 2.24) is 10.2 Å². The summed E-state index contributed by atoms with van der Waals surface area (Å²) in [5.41, 5.74) is 0.499. The molecule has 2 amide bonds. The van der Waals surface area contributed by atoms with Crippen LogP contribution in [0.4, 0.5) is 4.79 Å². The van der Waals surface area contributed by atoms with Gasteiger partial charge < -0.3 is 19.7 Å². The molecular weight excluding hydrogens is 308 g/mol. The lowest BCUT2D eigenvalue weighted by Gasteiger charge is -2.33. The van der Waals surface area contributed by atoms with Crippen molar-refractivity contribution < 1.29 is 19.1 Å². The number of likely N-dealkylation sites (tertiary alicyclic amines) is 1. The molecule has 6 heteroatoms. The third kappa shape index (κ3) is 5.44. The van der Waals surface area contributed by atoms with Crippen LogP contribution >= 0.6 is 0 Å². The third-order valence-electron chi connectivity index (χ3n) is 3.75. The molecule has 1 N–H and O–H groups in total. The van der Waals surface area contributed by atoms with E-state index in [1.54, 1.807) is 12.0 Å². The molecule has 0 aliphatic carbocycles. The normalized spacial score (nSPS) is 18.2. The largest absolute Gasteiger partial charge is 0.497 e. The van der Waals surface area contributed by atoms with E-state index in [1.165, 1.54) is 0 Å². The number of methoxy groups -OCH3 is 1. The van der Waals surface area contributed by atoms with Crippen LogP contribution in [-0.2, 0) is 16.1 Å². The second-order valence-corrected chi connectivity index (χ2v) is 7.00. The van der Waals surface area contributed by atoms with Crippen molar-refractivity contribution >= 4 is 12.0 Å². The van der Waals surface area contributed by atoms with Gasteiger partial charge in [-0.1, -0.05) is 12.1 Å². The van der Waals surface area contributed by atoms with Crippen molar-refractivity contribution in [3.8, 4) is 5.75 Å². The van der Waals surface area contributed by atoms with Gasteiger partial charge in [0, 0.05) is 19.5 Å². The van der Waals surface area contributed by atoms with Crippen LogP contribution in [0.2, 0.25) is 0 Å². The predicted molar refractivity (Wildman–Crippen MR) is 90.8 cm³/mol. The standard InChI is InChI=1S/C18H26N2O4/c1-18(2,3)24-17(22)19-14-7-10-16(21)20(12-14)11-13-5-8-15(23-4)9-6-13/h5-6,8-9,14H,7,10-12H2,1-4H3,(H,19,22). The maximum Gasteiger partial charge on any atom is 0.407 e. The van der Waals surface area contributed by atoms with Gasteiger partial charge in [0.25, 0.3) is 0 Å². The van der Waals surface area contributed by atoms with E-state index in [9.17, 15) is 9.59 Å². The summed E-state index contributed by atoms with van der Waals surface area (Å²) in [4.78, 5) is 25.8. The minimum Gasteiger partial charge on any atom is -0.497 e. The molecule has 1 atom stereocenters. The Balaban J connectivity index is 1.92. The molecule has 0 saturated carbocycles. The molecule has 0 radical (unpaired) electrons. The maximum absolute atomic E-state index is 12.1. The summed E-state index contributed by atoms with van der Waals surface area (Å²) in [6.07, 6.45) is 0.625. The second kappa shape index (κ2) is 7.55. The van der Waals surface area contributed by atoms with Gasteiger partial charge >= 0.3 is 6.09 Å². The average Bonchev–Trinajstić information content (AvgIpc) is 2.49. The molecule has 1 aromatic carbocycles. The van der Waals surface area contributed by atoms with Gasteiger partial charge in [0.1, 0.15) is 11.4 Å². The van der Waals surface area contributed by atoms with Gasteiger partial charge in [-0.05, 0) is 44.9 Å². The molecule has 1 saturated heterocycles. The number of hydrogen-bond acceptors (Lipinski definition) is 4. The Morgan fingerprint density at radius 1 is 1.29 bits per heavy atom. The van der Waals surface area contributed by atoms with E-state index < -0.39 is 11.7 Å². The Bertz CT molecular complexity index is 578. The van der Waals surface area contributed by atoms with E-state index in [0.29, 0.717) is 25.9 Å². The molecule has 1 aliphatic heterocycles. The summed E-state index contributed by atoms with van der Waals surface area (Å²) < 4.78 is 10.4. The van der Waals surface area contributed by atoms with Crippen molar-refractivity contribution in [2.75, 3.05) is 13.7 Å². The Labute approximate surface area is 143 Å². The molecule has 1 aliphatic rings. The monoisotopic (exact) mass is 334 g/mol. The summed E-state index contributed by atoms with van der Waals surface area (Å²) >= 11 is 0. The number of nitrogens with zero attached hydrogens (tertiary/aromatic N) is 1. The van der Waals surface area contributed by atoms with Gasteiger partial charge in [-0.3, -0.25) is 4.79 Å². The Morgan fingerprint density at radius 3 is 2.54 bits per heavy atom. The smallest absolute Gasteiger partial charge is 0.407 e. The summed E-state index contributed by atoms with van der Waals surface area (Å²) in [6.45, 7) is 6.49. The van der Waals surface area contributed by atoms with Crippen LogP contribution in [0, 0.1) is 0 Å². The third-order valence-corrected chi connectivity index (χ3v) is 3.75. The first kappa shape index (κ1) is 18.1. The zero-order chi connectivity index (χ0) is 17.7. The molecule has 0 aromatic heterocycles. The maximum atomic E-state index is 12.1. The van der Waals surface area contributed by atoms with E-state index in [0.717, 1.165) is 11.3 Å². The summed E-state index contributed by atoms with van der Waals surface area (Å²) in [5, 5.41) is 2.85. The molecule has 1 aromatic rings. The highest BCUT2D eigenvalue weighted by Crippen LogP contribution is 2.18. The molecule has 0 spiro atoms. The number of carbonyl (C=O) groups is 2. The van der Waals surface area contributed by atoms with Gasteiger partial charge in [-0.15, -0.1) is 0 Å².